The first-order chi connectivity index (χ1) is 21.2. The number of aryl methyl sites for hydroxylation is 1. The van der Waals surface area contributed by atoms with Gasteiger partial charge in [-0.1, -0.05) is 5.16 Å². The summed E-state index contributed by atoms with van der Waals surface area (Å²) in [5, 5.41) is 16.3. The van der Waals surface area contributed by atoms with Crippen LogP contribution in [0.4, 0.5) is 26.3 Å². The van der Waals surface area contributed by atoms with Crippen LogP contribution in [-0.4, -0.2) is 64.8 Å². The molecule has 0 bridgehead atoms. The molecule has 2 amide bonds. The predicted molar refractivity (Wildman–Crippen MR) is 139 cm³/mol. The van der Waals surface area contributed by atoms with Gasteiger partial charge in [0, 0.05) is 12.8 Å². The lowest BCUT2D eigenvalue weighted by Gasteiger charge is -2.33. The van der Waals surface area contributed by atoms with Crippen LogP contribution in [0.5, 0.6) is 0 Å². The number of carbonyl (C=O) groups is 2. The second-order valence-electron chi connectivity index (χ2n) is 11.4. The highest BCUT2D eigenvalue weighted by Gasteiger charge is 2.57. The second-order valence-corrected chi connectivity index (χ2v) is 11.4. The molecule has 18 heteroatoms. The third-order valence-electron chi connectivity index (χ3n) is 8.34. The van der Waals surface area contributed by atoms with Gasteiger partial charge in [-0.05, 0) is 55.3 Å². The Hall–Kier alpha value is -4.64. The Bertz CT molecular complexity index is 1730. The lowest BCUT2D eigenvalue weighted by atomic mass is 9.78. The van der Waals surface area contributed by atoms with Crippen LogP contribution in [0.1, 0.15) is 71.4 Å². The van der Waals surface area contributed by atoms with Crippen LogP contribution in [0.25, 0.3) is 5.65 Å². The predicted octanol–water partition coefficient (Wildman–Crippen LogP) is 3.58. The Kier molecular flexibility index (Phi) is 7.47. The van der Waals surface area contributed by atoms with E-state index in [-0.39, 0.29) is 55.0 Å². The summed E-state index contributed by atoms with van der Waals surface area (Å²) < 4.78 is 88.5. The summed E-state index contributed by atoms with van der Waals surface area (Å²) in [6.07, 6.45) is -1.99. The number of amides is 2. The number of nitrogens with one attached hydrogen (secondary N) is 2. The number of alkyl halides is 5. The van der Waals surface area contributed by atoms with E-state index in [0.717, 1.165) is 12.4 Å². The zero-order chi connectivity index (χ0) is 32.1. The highest BCUT2D eigenvalue weighted by molar-refractivity contribution is 5.93. The largest absolute Gasteiger partial charge is 0.408 e. The molecule has 2 aliphatic rings. The van der Waals surface area contributed by atoms with Crippen LogP contribution in [-0.2, 0) is 16.6 Å². The molecule has 2 N–H and O–H groups in total. The maximum Gasteiger partial charge on any atom is 0.408 e. The molecular formula is C27H25F6N9O3. The average Bonchev–Trinajstić information content (AvgIpc) is 3.69. The molecule has 5 heterocycles. The molecule has 4 aromatic rings. The average molecular weight is 638 g/mol. The highest BCUT2D eigenvalue weighted by Crippen LogP contribution is 2.42. The number of carbonyl (C=O) groups excluding carboxylic acids is 2. The molecule has 0 radical (unpaired) electrons. The molecule has 12 nitrogen and oxygen atoms in total. The van der Waals surface area contributed by atoms with Crippen molar-refractivity contribution in [3.05, 3.63) is 65.1 Å². The summed E-state index contributed by atoms with van der Waals surface area (Å²) in [6, 6.07) is -1.51. The van der Waals surface area contributed by atoms with Gasteiger partial charge in [-0.15, -0.1) is 0 Å². The third kappa shape index (κ3) is 5.92. The van der Waals surface area contributed by atoms with Gasteiger partial charge >= 0.3 is 6.18 Å². The first-order valence-corrected chi connectivity index (χ1v) is 13.9. The van der Waals surface area contributed by atoms with E-state index in [1.807, 2.05) is 5.32 Å². The molecule has 0 spiro atoms. The molecule has 3 atom stereocenters. The van der Waals surface area contributed by atoms with Crippen molar-refractivity contribution in [3.63, 3.8) is 0 Å². The van der Waals surface area contributed by atoms with Crippen molar-refractivity contribution in [2.75, 3.05) is 0 Å². The van der Waals surface area contributed by atoms with Gasteiger partial charge in [0.05, 0.1) is 36.5 Å². The van der Waals surface area contributed by atoms with E-state index in [1.165, 1.54) is 29.9 Å². The number of aromatic nitrogens is 7. The van der Waals surface area contributed by atoms with Crippen molar-refractivity contribution in [3.8, 4) is 0 Å². The lowest BCUT2D eigenvalue weighted by Crippen LogP contribution is -2.40. The van der Waals surface area contributed by atoms with Crippen molar-refractivity contribution in [1.29, 1.82) is 0 Å². The molecule has 1 aliphatic carbocycles. The molecule has 2 fully saturated rings. The van der Waals surface area contributed by atoms with Crippen LogP contribution >= 0.6 is 0 Å². The second kappa shape index (κ2) is 11.1. The van der Waals surface area contributed by atoms with Gasteiger partial charge in [0.25, 0.3) is 5.91 Å². The Balaban J connectivity index is 1.33. The van der Waals surface area contributed by atoms with Crippen molar-refractivity contribution in [1.82, 2.24) is 45.5 Å². The van der Waals surface area contributed by atoms with E-state index in [0.29, 0.717) is 11.3 Å². The summed E-state index contributed by atoms with van der Waals surface area (Å²) in [6.45, 7) is 1.52. The first-order valence-electron chi connectivity index (χ1n) is 13.9. The van der Waals surface area contributed by atoms with Gasteiger partial charge in [-0.2, -0.15) is 18.3 Å². The Morgan fingerprint density at radius 2 is 1.89 bits per heavy atom. The maximum absolute atomic E-state index is 14.0. The number of imidazole rings is 1. The van der Waals surface area contributed by atoms with Crippen LogP contribution in [0.15, 0.2) is 35.5 Å². The molecule has 0 aromatic carbocycles. The molecule has 0 unspecified atom stereocenters. The lowest BCUT2D eigenvalue weighted by molar-refractivity contribution is -0.155. The van der Waals surface area contributed by atoms with Gasteiger partial charge in [-0.25, -0.2) is 37.3 Å². The standard InChI is InChI=1S/C27H25F6N9O3/c1-13-20(41-45-40-13)22(43)39-21(15-2-4-26(29,30)5-3-15)17-12-42-19(37-17)6-14(9-36-42)7-25(23-34-10-16(28)11-35-23)8-18(27(31,32)33)38-24(25)44/h6,9-12,15,18,21H,2-5,7-8H2,1H3,(H,38,44)(H,39,43)/t18-,21-,25-/m0/s1. The van der Waals surface area contributed by atoms with Gasteiger partial charge in [0.2, 0.25) is 11.8 Å². The van der Waals surface area contributed by atoms with Crippen molar-refractivity contribution in [2.24, 2.45) is 5.92 Å². The molecule has 1 aliphatic heterocycles. The van der Waals surface area contributed by atoms with Gasteiger partial charge in [-0.3, -0.25) is 9.59 Å². The summed E-state index contributed by atoms with van der Waals surface area (Å²) in [7, 11) is 0. The monoisotopic (exact) mass is 637 g/mol. The first kappa shape index (κ1) is 30.4. The molecule has 4 aromatic heterocycles. The highest BCUT2D eigenvalue weighted by atomic mass is 19.4. The normalized spacial score (nSPS) is 22.8. The smallest absolute Gasteiger partial charge is 0.343 e. The number of rotatable bonds is 7. The zero-order valence-electron chi connectivity index (χ0n) is 23.5. The molecule has 45 heavy (non-hydrogen) atoms. The van der Waals surface area contributed by atoms with Crippen molar-refractivity contribution in [2.45, 2.75) is 75.0 Å². The summed E-state index contributed by atoms with van der Waals surface area (Å²) >= 11 is 0. The van der Waals surface area contributed by atoms with Gasteiger partial charge in [0.15, 0.2) is 17.2 Å². The fraction of sp³-hybridized carbons (Fsp3) is 0.481. The van der Waals surface area contributed by atoms with E-state index in [2.05, 4.69) is 40.3 Å². The maximum atomic E-state index is 14.0. The van der Waals surface area contributed by atoms with Crippen LogP contribution < -0.4 is 10.6 Å². The van der Waals surface area contributed by atoms with Crippen molar-refractivity contribution < 1.29 is 40.6 Å². The summed E-state index contributed by atoms with van der Waals surface area (Å²) in [5.74, 6) is -5.98. The number of hydrogen-bond donors (Lipinski definition) is 2. The number of nitrogens with zero attached hydrogens (tertiary/aromatic N) is 7. The van der Waals surface area contributed by atoms with Crippen molar-refractivity contribution >= 4 is 17.5 Å². The summed E-state index contributed by atoms with van der Waals surface area (Å²) in [4.78, 5) is 38.4. The molecule has 238 valence electrons. The quantitative estimate of drug-likeness (QED) is 0.290. The Morgan fingerprint density at radius 3 is 2.51 bits per heavy atom. The van der Waals surface area contributed by atoms with Crippen LogP contribution in [0, 0.1) is 18.7 Å². The Morgan fingerprint density at radius 1 is 1.18 bits per heavy atom. The van der Waals surface area contributed by atoms with Crippen LogP contribution in [0.3, 0.4) is 0 Å². The molecular weight excluding hydrogens is 612 g/mol. The fourth-order valence-corrected chi connectivity index (χ4v) is 5.98. The molecule has 1 saturated carbocycles. The number of hydrogen-bond acceptors (Lipinski definition) is 9. The van der Waals surface area contributed by atoms with E-state index >= 15 is 0 Å². The van der Waals surface area contributed by atoms with E-state index in [9.17, 15) is 35.9 Å². The van der Waals surface area contributed by atoms with Gasteiger partial charge < -0.3 is 10.6 Å². The minimum absolute atomic E-state index is 0.0781. The minimum Gasteiger partial charge on any atom is -0.343 e. The molecule has 1 saturated heterocycles. The minimum atomic E-state index is -4.75. The summed E-state index contributed by atoms with van der Waals surface area (Å²) in [5.41, 5.74) is -0.937. The SMILES string of the molecule is Cc1nonc1C(=O)N[C@H](c1cn2ncc(C[C@@]3(c4ncc(F)cn4)C[C@@H](C(F)(F)F)NC3=O)cc2n1)C1CCC(F)(F)CC1. The Labute approximate surface area is 250 Å². The number of fused-ring (bicyclic) bond motifs is 1. The van der Waals surface area contributed by atoms with E-state index in [1.54, 1.807) is 0 Å². The zero-order valence-corrected chi connectivity index (χ0v) is 23.5. The fourth-order valence-electron chi connectivity index (χ4n) is 5.98. The van der Waals surface area contributed by atoms with E-state index < -0.39 is 59.6 Å². The van der Waals surface area contributed by atoms with E-state index in [4.69, 9.17) is 0 Å². The van der Waals surface area contributed by atoms with Crippen LogP contribution in [0.2, 0.25) is 0 Å². The van der Waals surface area contributed by atoms with Gasteiger partial charge in [0.1, 0.15) is 23.0 Å². The molecule has 6 rings (SSSR count). The third-order valence-corrected chi connectivity index (χ3v) is 8.34. The topological polar surface area (TPSA) is 153 Å². The number of halogens is 6.